The zero-order valence-corrected chi connectivity index (χ0v) is 8.67. The smallest absolute Gasteiger partial charge is 0.0244 e. The van der Waals surface area contributed by atoms with E-state index in [4.69, 9.17) is 0 Å². The summed E-state index contributed by atoms with van der Waals surface area (Å²) in [6.45, 7) is 9.54. The second-order valence-electron chi connectivity index (χ2n) is 5.31. The standard InChI is InChI=1S/C10H20N2/c1-10(2,3)12-7-8-5-9(12)6-11(8)4/h8-9H,5-7H2,1-4H3/t8-,9-/m0/s1. The number of fused-ring (bicyclic) bond motifs is 2. The molecule has 2 heteroatoms. The van der Waals surface area contributed by atoms with Gasteiger partial charge in [0.05, 0.1) is 0 Å². The van der Waals surface area contributed by atoms with Gasteiger partial charge in [-0.3, -0.25) is 4.90 Å². The Morgan fingerprint density at radius 2 is 1.75 bits per heavy atom. The molecule has 0 aliphatic carbocycles. The van der Waals surface area contributed by atoms with Gasteiger partial charge in [-0.25, -0.2) is 0 Å². The van der Waals surface area contributed by atoms with E-state index in [1.54, 1.807) is 0 Å². The number of nitrogens with zero attached hydrogens (tertiary/aromatic N) is 2. The molecule has 2 aliphatic rings. The predicted molar refractivity (Wildman–Crippen MR) is 51.3 cm³/mol. The predicted octanol–water partition coefficient (Wildman–Crippen LogP) is 1.17. The van der Waals surface area contributed by atoms with Crippen LogP contribution in [0, 0.1) is 0 Å². The van der Waals surface area contributed by atoms with Crippen LogP contribution in [-0.2, 0) is 0 Å². The summed E-state index contributed by atoms with van der Waals surface area (Å²) in [5.74, 6) is 0. The van der Waals surface area contributed by atoms with Gasteiger partial charge in [0.25, 0.3) is 0 Å². The van der Waals surface area contributed by atoms with E-state index in [-0.39, 0.29) is 0 Å². The molecular weight excluding hydrogens is 148 g/mol. The zero-order chi connectivity index (χ0) is 8.93. The fourth-order valence-electron chi connectivity index (χ4n) is 2.69. The number of likely N-dealkylation sites (N-methyl/N-ethyl adjacent to an activating group) is 1. The van der Waals surface area contributed by atoms with E-state index in [0.717, 1.165) is 12.1 Å². The van der Waals surface area contributed by atoms with E-state index in [0.29, 0.717) is 5.54 Å². The minimum Gasteiger partial charge on any atom is -0.301 e. The first-order chi connectivity index (χ1) is 5.48. The van der Waals surface area contributed by atoms with Crippen LogP contribution >= 0.6 is 0 Å². The molecule has 2 bridgehead atoms. The molecule has 2 saturated heterocycles. The Kier molecular flexibility index (Phi) is 1.74. The van der Waals surface area contributed by atoms with Crippen molar-refractivity contribution in [2.45, 2.75) is 44.8 Å². The van der Waals surface area contributed by atoms with E-state index < -0.39 is 0 Å². The Labute approximate surface area is 75.5 Å². The summed E-state index contributed by atoms with van der Waals surface area (Å²) < 4.78 is 0. The summed E-state index contributed by atoms with van der Waals surface area (Å²) >= 11 is 0. The third kappa shape index (κ3) is 1.17. The van der Waals surface area contributed by atoms with Gasteiger partial charge >= 0.3 is 0 Å². The van der Waals surface area contributed by atoms with Crippen LogP contribution in [0.2, 0.25) is 0 Å². The van der Waals surface area contributed by atoms with E-state index in [2.05, 4.69) is 37.6 Å². The number of hydrogen-bond donors (Lipinski definition) is 0. The van der Waals surface area contributed by atoms with Crippen LogP contribution in [0.25, 0.3) is 0 Å². The van der Waals surface area contributed by atoms with E-state index in [9.17, 15) is 0 Å². The van der Waals surface area contributed by atoms with Gasteiger partial charge < -0.3 is 4.90 Å². The lowest BCUT2D eigenvalue weighted by atomic mass is 10.0. The van der Waals surface area contributed by atoms with Crippen molar-refractivity contribution in [3.05, 3.63) is 0 Å². The van der Waals surface area contributed by atoms with Crippen molar-refractivity contribution in [1.82, 2.24) is 9.80 Å². The third-order valence-corrected chi connectivity index (χ3v) is 3.38. The zero-order valence-electron chi connectivity index (χ0n) is 8.67. The Hall–Kier alpha value is -0.0800. The third-order valence-electron chi connectivity index (χ3n) is 3.38. The summed E-state index contributed by atoms with van der Waals surface area (Å²) in [5.41, 5.74) is 0.376. The van der Waals surface area contributed by atoms with Gasteiger partial charge in [0.2, 0.25) is 0 Å². The number of rotatable bonds is 0. The lowest BCUT2D eigenvalue weighted by molar-refractivity contribution is 0.0677. The molecule has 2 rings (SSSR count). The van der Waals surface area contributed by atoms with E-state index >= 15 is 0 Å². The molecule has 2 aliphatic heterocycles. The van der Waals surface area contributed by atoms with Crippen molar-refractivity contribution in [2.75, 3.05) is 20.1 Å². The number of likely N-dealkylation sites (tertiary alicyclic amines) is 2. The van der Waals surface area contributed by atoms with Crippen molar-refractivity contribution in [3.63, 3.8) is 0 Å². The van der Waals surface area contributed by atoms with Gasteiger partial charge in [-0.15, -0.1) is 0 Å². The maximum Gasteiger partial charge on any atom is 0.0244 e. The van der Waals surface area contributed by atoms with Crippen LogP contribution in [-0.4, -0.2) is 47.6 Å². The molecule has 0 saturated carbocycles. The Morgan fingerprint density at radius 1 is 1.08 bits per heavy atom. The average Bonchev–Trinajstić information content (AvgIpc) is 2.41. The molecule has 0 unspecified atom stereocenters. The normalized spacial score (nSPS) is 38.0. The molecule has 2 fully saturated rings. The summed E-state index contributed by atoms with van der Waals surface area (Å²) in [6.07, 6.45) is 1.40. The topological polar surface area (TPSA) is 6.48 Å². The lowest BCUT2D eigenvalue weighted by Crippen LogP contribution is -2.52. The molecule has 0 aromatic carbocycles. The fourth-order valence-corrected chi connectivity index (χ4v) is 2.69. The van der Waals surface area contributed by atoms with Gasteiger partial charge in [0, 0.05) is 30.7 Å². The Balaban J connectivity index is 2.08. The highest BCUT2D eigenvalue weighted by Gasteiger charge is 2.45. The van der Waals surface area contributed by atoms with E-state index in [1.165, 1.54) is 19.5 Å². The van der Waals surface area contributed by atoms with Crippen LogP contribution in [0.1, 0.15) is 27.2 Å². The number of piperazine rings is 1. The molecule has 0 aromatic rings. The van der Waals surface area contributed by atoms with Crippen molar-refractivity contribution in [1.29, 1.82) is 0 Å². The maximum absolute atomic E-state index is 2.66. The van der Waals surface area contributed by atoms with Crippen LogP contribution in [0.4, 0.5) is 0 Å². The second kappa shape index (κ2) is 2.46. The van der Waals surface area contributed by atoms with Crippen LogP contribution in [0.3, 0.4) is 0 Å². The summed E-state index contributed by atoms with van der Waals surface area (Å²) in [4.78, 5) is 5.17. The van der Waals surface area contributed by atoms with Crippen molar-refractivity contribution in [2.24, 2.45) is 0 Å². The van der Waals surface area contributed by atoms with Gasteiger partial charge in [-0.2, -0.15) is 0 Å². The van der Waals surface area contributed by atoms with Gasteiger partial charge in [0.15, 0.2) is 0 Å². The van der Waals surface area contributed by atoms with Gasteiger partial charge in [-0.1, -0.05) is 0 Å². The van der Waals surface area contributed by atoms with E-state index in [1.807, 2.05) is 0 Å². The molecule has 2 heterocycles. The largest absolute Gasteiger partial charge is 0.301 e. The minimum absolute atomic E-state index is 0.376. The van der Waals surface area contributed by atoms with Crippen molar-refractivity contribution < 1.29 is 0 Å². The highest BCUT2D eigenvalue weighted by atomic mass is 15.4. The van der Waals surface area contributed by atoms with Crippen molar-refractivity contribution in [3.8, 4) is 0 Å². The van der Waals surface area contributed by atoms with Crippen LogP contribution in [0.5, 0.6) is 0 Å². The molecule has 12 heavy (non-hydrogen) atoms. The van der Waals surface area contributed by atoms with Gasteiger partial charge in [0.1, 0.15) is 0 Å². The molecule has 70 valence electrons. The fraction of sp³-hybridized carbons (Fsp3) is 1.00. The monoisotopic (exact) mass is 168 g/mol. The van der Waals surface area contributed by atoms with Crippen molar-refractivity contribution >= 4 is 0 Å². The molecule has 2 nitrogen and oxygen atoms in total. The molecule has 0 amide bonds. The molecule has 0 N–H and O–H groups in total. The minimum atomic E-state index is 0.376. The summed E-state index contributed by atoms with van der Waals surface area (Å²) in [5, 5.41) is 0. The average molecular weight is 168 g/mol. The lowest BCUT2D eigenvalue weighted by Gasteiger charge is -2.41. The highest BCUT2D eigenvalue weighted by molar-refractivity contribution is 5.02. The second-order valence-corrected chi connectivity index (χ2v) is 5.31. The Bertz CT molecular complexity index is 181. The molecular formula is C10H20N2. The van der Waals surface area contributed by atoms with Crippen LogP contribution in [0.15, 0.2) is 0 Å². The quantitative estimate of drug-likeness (QED) is 0.536. The highest BCUT2D eigenvalue weighted by Crippen LogP contribution is 2.34. The molecule has 0 radical (unpaired) electrons. The maximum atomic E-state index is 2.66. The first-order valence-electron chi connectivity index (χ1n) is 4.95. The molecule has 0 spiro atoms. The molecule has 0 aromatic heterocycles. The SMILES string of the molecule is CN1C[C@@H]2C[C@H]1CN2C(C)(C)C. The first-order valence-corrected chi connectivity index (χ1v) is 4.95. The number of hydrogen-bond acceptors (Lipinski definition) is 2. The first kappa shape index (κ1) is 8.52. The van der Waals surface area contributed by atoms with Crippen LogP contribution < -0.4 is 0 Å². The van der Waals surface area contributed by atoms with Gasteiger partial charge in [-0.05, 0) is 34.2 Å². The summed E-state index contributed by atoms with van der Waals surface area (Å²) in [7, 11) is 2.25. The molecule has 2 atom stereocenters. The Morgan fingerprint density at radius 3 is 2.08 bits per heavy atom. The summed E-state index contributed by atoms with van der Waals surface area (Å²) in [6, 6.07) is 1.68.